The number of amides is 2. The fourth-order valence-electron chi connectivity index (χ4n) is 3.60. The van der Waals surface area contributed by atoms with Gasteiger partial charge in [-0.3, -0.25) is 9.59 Å². The predicted octanol–water partition coefficient (Wildman–Crippen LogP) is 1.74. The third-order valence-corrected chi connectivity index (χ3v) is 4.95. The lowest BCUT2D eigenvalue weighted by atomic mass is 9.81. The van der Waals surface area contributed by atoms with Gasteiger partial charge in [0.15, 0.2) is 0 Å². The van der Waals surface area contributed by atoms with Gasteiger partial charge in [-0.15, -0.1) is 0 Å². The van der Waals surface area contributed by atoms with Crippen LogP contribution in [-0.2, 0) is 16.0 Å². The molecule has 136 valence electrons. The van der Waals surface area contributed by atoms with E-state index in [1.165, 1.54) is 7.11 Å². The van der Waals surface area contributed by atoms with Crippen LogP contribution in [0.3, 0.4) is 0 Å². The van der Waals surface area contributed by atoms with Crippen LogP contribution >= 0.6 is 0 Å². The highest BCUT2D eigenvalue weighted by molar-refractivity contribution is 5.79. The first kappa shape index (κ1) is 17.5. The summed E-state index contributed by atoms with van der Waals surface area (Å²) in [5, 5.41) is 9.93. The Morgan fingerprint density at radius 2 is 2.32 bits per heavy atom. The van der Waals surface area contributed by atoms with Crippen molar-refractivity contribution in [2.75, 3.05) is 7.11 Å². The predicted molar refractivity (Wildman–Crippen MR) is 91.0 cm³/mol. The lowest BCUT2D eigenvalue weighted by molar-refractivity contribution is -0.127. The lowest BCUT2D eigenvalue weighted by Gasteiger charge is -2.38. The summed E-state index contributed by atoms with van der Waals surface area (Å²) >= 11 is 0. The number of carbonyl (C=O) groups is 2. The molecule has 0 bridgehead atoms. The Balaban J connectivity index is 1.54. The van der Waals surface area contributed by atoms with Crippen molar-refractivity contribution < 1.29 is 18.8 Å². The van der Waals surface area contributed by atoms with Crippen LogP contribution in [0.25, 0.3) is 0 Å². The van der Waals surface area contributed by atoms with Gasteiger partial charge in [0.1, 0.15) is 5.76 Å². The average Bonchev–Trinajstić information content (AvgIpc) is 3.10. The Hall–Kier alpha value is -2.31. The fraction of sp³-hybridized carbons (Fsp3) is 0.611. The van der Waals surface area contributed by atoms with Crippen LogP contribution in [0.5, 0.6) is 5.88 Å². The molecule has 7 nitrogen and oxygen atoms in total. The average molecular weight is 347 g/mol. The number of piperidine rings is 1. The van der Waals surface area contributed by atoms with Gasteiger partial charge in [-0.2, -0.15) is 0 Å². The minimum atomic E-state index is -0.0344. The maximum Gasteiger partial charge on any atom is 0.254 e. The first-order valence-electron chi connectivity index (χ1n) is 8.89. The zero-order chi connectivity index (χ0) is 17.6. The van der Waals surface area contributed by atoms with Crippen molar-refractivity contribution in [2.24, 2.45) is 5.92 Å². The van der Waals surface area contributed by atoms with Crippen LogP contribution in [-0.4, -0.2) is 36.2 Å². The summed E-state index contributed by atoms with van der Waals surface area (Å²) in [6.45, 7) is 0. The zero-order valence-corrected chi connectivity index (χ0v) is 14.5. The molecule has 1 unspecified atom stereocenters. The number of allylic oxidation sites excluding steroid dienone is 2. The number of ether oxygens (including phenoxy) is 1. The Morgan fingerprint density at radius 1 is 1.44 bits per heavy atom. The van der Waals surface area contributed by atoms with Crippen LogP contribution in [0.1, 0.15) is 44.3 Å². The first-order valence-corrected chi connectivity index (χ1v) is 8.89. The van der Waals surface area contributed by atoms with Gasteiger partial charge in [-0.25, -0.2) is 0 Å². The third-order valence-electron chi connectivity index (χ3n) is 4.95. The number of methoxy groups -OCH3 is 1. The van der Waals surface area contributed by atoms with E-state index in [-0.39, 0.29) is 23.9 Å². The van der Waals surface area contributed by atoms with Gasteiger partial charge >= 0.3 is 0 Å². The van der Waals surface area contributed by atoms with Crippen LogP contribution in [0.2, 0.25) is 0 Å². The number of carbonyl (C=O) groups excluding carboxylic acids is 2. The largest absolute Gasteiger partial charge is 0.479 e. The molecule has 1 aliphatic heterocycles. The Bertz CT molecular complexity index is 640. The summed E-state index contributed by atoms with van der Waals surface area (Å²) in [4.78, 5) is 24.2. The minimum Gasteiger partial charge on any atom is -0.479 e. The van der Waals surface area contributed by atoms with Crippen LogP contribution in [0.15, 0.2) is 22.7 Å². The summed E-state index contributed by atoms with van der Waals surface area (Å²) in [7, 11) is 1.52. The molecule has 3 rings (SSSR count). The molecule has 0 aromatic carbocycles. The molecule has 0 spiro atoms. The molecule has 1 aromatic rings. The summed E-state index contributed by atoms with van der Waals surface area (Å²) in [6, 6.07) is 1.69. The van der Waals surface area contributed by atoms with Crippen LogP contribution in [0, 0.1) is 5.92 Å². The summed E-state index contributed by atoms with van der Waals surface area (Å²) in [6.07, 6.45) is 9.33. The smallest absolute Gasteiger partial charge is 0.254 e. The van der Waals surface area contributed by atoms with E-state index < -0.39 is 0 Å². The van der Waals surface area contributed by atoms with Gasteiger partial charge < -0.3 is 19.9 Å². The molecule has 3 atom stereocenters. The van der Waals surface area contributed by atoms with Gasteiger partial charge in [0.2, 0.25) is 11.8 Å². The molecule has 1 aromatic heterocycles. The van der Waals surface area contributed by atoms with E-state index >= 15 is 0 Å². The van der Waals surface area contributed by atoms with E-state index in [9.17, 15) is 9.59 Å². The van der Waals surface area contributed by atoms with Crippen molar-refractivity contribution in [3.63, 3.8) is 0 Å². The van der Waals surface area contributed by atoms with Crippen molar-refractivity contribution in [2.45, 2.75) is 57.0 Å². The first-order chi connectivity index (χ1) is 12.2. The zero-order valence-electron chi connectivity index (χ0n) is 14.5. The highest BCUT2D eigenvalue weighted by Crippen LogP contribution is 2.27. The molecule has 0 radical (unpaired) electrons. The lowest BCUT2D eigenvalue weighted by Crippen LogP contribution is -2.58. The normalized spacial score (nSPS) is 26.1. The number of hydrogen-bond donors (Lipinski definition) is 2. The molecule has 25 heavy (non-hydrogen) atoms. The molecule has 1 saturated heterocycles. The van der Waals surface area contributed by atoms with Crippen LogP contribution < -0.4 is 15.4 Å². The Labute approximate surface area is 147 Å². The second kappa shape index (κ2) is 8.18. The second-order valence-corrected chi connectivity index (χ2v) is 6.69. The molecule has 2 amide bonds. The molecule has 2 N–H and O–H groups in total. The van der Waals surface area contributed by atoms with Gasteiger partial charge in [-0.1, -0.05) is 12.2 Å². The molecule has 2 heterocycles. The molecular formula is C18H25N3O4. The monoisotopic (exact) mass is 347 g/mol. The standard InChI is InChI=1S/C18H25N3O4/c1-24-17-11-13(25-21-17)7-9-15(22)19-14-8-10-16(23)20-18(14)12-5-3-2-4-6-12/h2-3,11-12,14,18H,4-10H2,1H3,(H,19,22)(H,20,23)/t12?,14-,18+/m1/s1. The Kier molecular flexibility index (Phi) is 5.73. The van der Waals surface area contributed by atoms with Crippen molar-refractivity contribution in [1.29, 1.82) is 0 Å². The minimum absolute atomic E-state index is 0.00837. The van der Waals surface area contributed by atoms with Gasteiger partial charge in [0, 0.05) is 31.4 Å². The summed E-state index contributed by atoms with van der Waals surface area (Å²) < 4.78 is 10.1. The van der Waals surface area contributed by atoms with E-state index in [1.54, 1.807) is 6.07 Å². The van der Waals surface area contributed by atoms with Crippen molar-refractivity contribution in [3.05, 3.63) is 24.0 Å². The molecule has 0 saturated carbocycles. The molecule has 7 heteroatoms. The van der Waals surface area contributed by atoms with Crippen molar-refractivity contribution >= 4 is 11.8 Å². The fourth-order valence-corrected chi connectivity index (χ4v) is 3.60. The van der Waals surface area contributed by atoms with E-state index in [0.717, 1.165) is 19.3 Å². The van der Waals surface area contributed by atoms with E-state index in [2.05, 4.69) is 27.9 Å². The molecular weight excluding hydrogens is 322 g/mol. The van der Waals surface area contributed by atoms with Crippen molar-refractivity contribution in [1.82, 2.24) is 15.8 Å². The topological polar surface area (TPSA) is 93.5 Å². The highest BCUT2D eigenvalue weighted by Gasteiger charge is 2.35. The van der Waals surface area contributed by atoms with Crippen molar-refractivity contribution in [3.8, 4) is 5.88 Å². The second-order valence-electron chi connectivity index (χ2n) is 6.69. The number of hydrogen-bond acceptors (Lipinski definition) is 5. The molecule has 2 aliphatic rings. The Morgan fingerprint density at radius 3 is 3.04 bits per heavy atom. The highest BCUT2D eigenvalue weighted by atomic mass is 16.5. The maximum absolute atomic E-state index is 12.3. The third kappa shape index (κ3) is 4.61. The van der Waals surface area contributed by atoms with E-state index in [4.69, 9.17) is 9.26 Å². The van der Waals surface area contributed by atoms with Gasteiger partial charge in [0.05, 0.1) is 13.2 Å². The molecule has 1 fully saturated rings. The number of aromatic nitrogens is 1. The van der Waals surface area contributed by atoms with Gasteiger partial charge in [0.25, 0.3) is 5.88 Å². The summed E-state index contributed by atoms with van der Waals surface area (Å²) in [5.41, 5.74) is 0. The quantitative estimate of drug-likeness (QED) is 0.765. The number of nitrogens with zero attached hydrogens (tertiary/aromatic N) is 1. The molecule has 1 aliphatic carbocycles. The summed E-state index contributed by atoms with van der Waals surface area (Å²) in [5.74, 6) is 1.47. The maximum atomic E-state index is 12.3. The number of rotatable bonds is 6. The van der Waals surface area contributed by atoms with Gasteiger partial charge in [-0.05, 0) is 36.8 Å². The number of nitrogens with one attached hydrogen (secondary N) is 2. The SMILES string of the molecule is COc1cc(CCC(=O)N[C@@H]2CCC(=O)N[C@H]2C2CC=CCC2)on1. The van der Waals surface area contributed by atoms with Crippen LogP contribution in [0.4, 0.5) is 0 Å². The van der Waals surface area contributed by atoms with E-state index in [1.807, 2.05) is 0 Å². The van der Waals surface area contributed by atoms with E-state index in [0.29, 0.717) is 43.2 Å². The number of aryl methyl sites for hydroxylation is 1.